The molecule has 2 fully saturated rings. The Labute approximate surface area is 126 Å². The Bertz CT molecular complexity index is 495. The fourth-order valence-electron chi connectivity index (χ4n) is 2.74. The molecule has 0 spiro atoms. The lowest BCUT2D eigenvalue weighted by Crippen LogP contribution is -2.31. The van der Waals surface area contributed by atoms with Crippen LogP contribution in [0.3, 0.4) is 0 Å². The molecule has 0 saturated heterocycles. The Morgan fingerprint density at radius 3 is 2.76 bits per heavy atom. The molecule has 0 bridgehead atoms. The summed E-state index contributed by atoms with van der Waals surface area (Å²) in [5, 5.41) is 2.98. The van der Waals surface area contributed by atoms with Crippen molar-refractivity contribution in [2.45, 2.75) is 44.7 Å². The summed E-state index contributed by atoms with van der Waals surface area (Å²) in [6, 6.07) is 8.52. The van der Waals surface area contributed by atoms with Gasteiger partial charge < -0.3 is 11.1 Å². The molecule has 0 heterocycles. The molecular formula is C17H25N3O. The first kappa shape index (κ1) is 14.5. The first-order valence-corrected chi connectivity index (χ1v) is 8.07. The average molecular weight is 287 g/mol. The van der Waals surface area contributed by atoms with E-state index in [1.54, 1.807) is 0 Å². The molecule has 1 aromatic carbocycles. The van der Waals surface area contributed by atoms with Gasteiger partial charge in [0, 0.05) is 37.8 Å². The zero-order valence-electron chi connectivity index (χ0n) is 12.6. The maximum atomic E-state index is 12.1. The molecule has 0 aliphatic heterocycles. The monoisotopic (exact) mass is 287 g/mol. The van der Waals surface area contributed by atoms with Crippen LogP contribution in [0.2, 0.25) is 0 Å². The van der Waals surface area contributed by atoms with E-state index in [9.17, 15) is 4.79 Å². The number of hydrogen-bond donors (Lipinski definition) is 2. The number of rotatable bonds is 8. The summed E-state index contributed by atoms with van der Waals surface area (Å²) in [6.07, 6.45) is 5.96. The Morgan fingerprint density at radius 1 is 1.29 bits per heavy atom. The van der Waals surface area contributed by atoms with E-state index in [4.69, 9.17) is 5.73 Å². The van der Waals surface area contributed by atoms with Gasteiger partial charge in [-0.2, -0.15) is 0 Å². The quantitative estimate of drug-likeness (QED) is 0.771. The van der Waals surface area contributed by atoms with Crippen molar-refractivity contribution in [1.29, 1.82) is 0 Å². The molecule has 0 unspecified atom stereocenters. The molecule has 4 heteroatoms. The van der Waals surface area contributed by atoms with Crippen LogP contribution in [0.5, 0.6) is 0 Å². The number of carbonyl (C=O) groups excluding carboxylic acids is 1. The summed E-state index contributed by atoms with van der Waals surface area (Å²) in [6.45, 7) is 2.59. The molecule has 2 aliphatic rings. The lowest BCUT2D eigenvalue weighted by Gasteiger charge is -2.21. The summed E-state index contributed by atoms with van der Waals surface area (Å²) in [5.41, 5.74) is 7.51. The van der Waals surface area contributed by atoms with Crippen molar-refractivity contribution in [3.63, 3.8) is 0 Å². The normalized spacial score (nSPS) is 18.0. The number of benzene rings is 1. The topological polar surface area (TPSA) is 58.4 Å². The first-order valence-electron chi connectivity index (χ1n) is 8.07. The summed E-state index contributed by atoms with van der Waals surface area (Å²) < 4.78 is 0. The van der Waals surface area contributed by atoms with Gasteiger partial charge in [0.15, 0.2) is 0 Å². The number of nitrogens with one attached hydrogen (secondary N) is 1. The van der Waals surface area contributed by atoms with E-state index in [-0.39, 0.29) is 5.91 Å². The van der Waals surface area contributed by atoms with E-state index in [1.165, 1.54) is 32.2 Å². The minimum Gasteiger partial charge on any atom is -0.326 e. The van der Waals surface area contributed by atoms with Crippen LogP contribution < -0.4 is 11.1 Å². The van der Waals surface area contributed by atoms with Gasteiger partial charge in [0.05, 0.1) is 0 Å². The van der Waals surface area contributed by atoms with Gasteiger partial charge in [-0.1, -0.05) is 12.1 Å². The molecule has 3 rings (SSSR count). The van der Waals surface area contributed by atoms with Crippen LogP contribution in [-0.2, 0) is 11.3 Å². The molecular weight excluding hydrogens is 262 g/mol. The van der Waals surface area contributed by atoms with E-state index in [2.05, 4.69) is 10.2 Å². The highest BCUT2D eigenvalue weighted by Gasteiger charge is 2.33. The predicted octanol–water partition coefficient (Wildman–Crippen LogP) is 2.35. The third kappa shape index (κ3) is 4.55. The zero-order chi connectivity index (χ0) is 14.7. The Kier molecular flexibility index (Phi) is 4.56. The summed E-state index contributed by atoms with van der Waals surface area (Å²) in [5.74, 6) is 1.00. The largest absolute Gasteiger partial charge is 0.326 e. The van der Waals surface area contributed by atoms with E-state index in [0.717, 1.165) is 29.8 Å². The van der Waals surface area contributed by atoms with E-state index < -0.39 is 0 Å². The molecule has 2 aliphatic carbocycles. The fourth-order valence-corrected chi connectivity index (χ4v) is 2.74. The van der Waals surface area contributed by atoms with Crippen molar-refractivity contribution in [2.24, 2.45) is 11.7 Å². The fraction of sp³-hybridized carbons (Fsp3) is 0.588. The molecule has 1 amide bonds. The SMILES string of the molecule is NCc1cccc(NC(=O)CCN(CC2CC2)C2CC2)c1. The van der Waals surface area contributed by atoms with Gasteiger partial charge in [-0.05, 0) is 49.3 Å². The predicted molar refractivity (Wildman–Crippen MR) is 84.9 cm³/mol. The van der Waals surface area contributed by atoms with Gasteiger partial charge in [-0.25, -0.2) is 0 Å². The van der Waals surface area contributed by atoms with Crippen LogP contribution in [0, 0.1) is 5.92 Å². The number of carbonyl (C=O) groups is 1. The van der Waals surface area contributed by atoms with Gasteiger partial charge in [0.25, 0.3) is 0 Å². The van der Waals surface area contributed by atoms with Gasteiger partial charge in [-0.3, -0.25) is 9.69 Å². The highest BCUT2D eigenvalue weighted by molar-refractivity contribution is 5.90. The van der Waals surface area contributed by atoms with Crippen LogP contribution >= 0.6 is 0 Å². The minimum absolute atomic E-state index is 0.102. The summed E-state index contributed by atoms with van der Waals surface area (Å²) >= 11 is 0. The number of nitrogens with two attached hydrogens (primary N) is 1. The van der Waals surface area contributed by atoms with Crippen molar-refractivity contribution in [2.75, 3.05) is 18.4 Å². The smallest absolute Gasteiger partial charge is 0.225 e. The lowest BCUT2D eigenvalue weighted by atomic mass is 10.2. The number of hydrogen-bond acceptors (Lipinski definition) is 3. The Hall–Kier alpha value is -1.39. The van der Waals surface area contributed by atoms with Gasteiger partial charge >= 0.3 is 0 Å². The van der Waals surface area contributed by atoms with Gasteiger partial charge in [0.1, 0.15) is 0 Å². The number of amides is 1. The molecule has 0 radical (unpaired) electrons. The molecule has 0 aromatic heterocycles. The number of anilines is 1. The van der Waals surface area contributed by atoms with Gasteiger partial charge in [-0.15, -0.1) is 0 Å². The minimum atomic E-state index is 0.102. The molecule has 114 valence electrons. The van der Waals surface area contributed by atoms with Crippen LogP contribution in [0.25, 0.3) is 0 Å². The standard InChI is InChI=1S/C17H25N3O/c18-11-14-2-1-3-15(10-14)19-17(21)8-9-20(16-6-7-16)12-13-4-5-13/h1-3,10,13,16H,4-9,11-12,18H2,(H,19,21). The highest BCUT2D eigenvalue weighted by Crippen LogP contribution is 2.34. The van der Waals surface area contributed by atoms with Crippen LogP contribution in [0.15, 0.2) is 24.3 Å². The summed E-state index contributed by atoms with van der Waals surface area (Å²) in [7, 11) is 0. The molecule has 3 N–H and O–H groups in total. The number of nitrogens with zero attached hydrogens (tertiary/aromatic N) is 1. The first-order chi connectivity index (χ1) is 10.2. The molecule has 21 heavy (non-hydrogen) atoms. The van der Waals surface area contributed by atoms with Crippen molar-refractivity contribution in [3.8, 4) is 0 Å². The summed E-state index contributed by atoms with van der Waals surface area (Å²) in [4.78, 5) is 14.6. The van der Waals surface area contributed by atoms with E-state index in [1.807, 2.05) is 24.3 Å². The third-order valence-electron chi connectivity index (χ3n) is 4.33. The van der Waals surface area contributed by atoms with Crippen molar-refractivity contribution < 1.29 is 4.79 Å². The van der Waals surface area contributed by atoms with Crippen molar-refractivity contribution in [1.82, 2.24) is 4.90 Å². The maximum Gasteiger partial charge on any atom is 0.225 e. The van der Waals surface area contributed by atoms with Crippen LogP contribution in [0.1, 0.15) is 37.7 Å². The Morgan fingerprint density at radius 2 is 2.10 bits per heavy atom. The third-order valence-corrected chi connectivity index (χ3v) is 4.33. The van der Waals surface area contributed by atoms with Crippen molar-refractivity contribution in [3.05, 3.63) is 29.8 Å². The van der Waals surface area contributed by atoms with E-state index in [0.29, 0.717) is 13.0 Å². The van der Waals surface area contributed by atoms with Crippen molar-refractivity contribution >= 4 is 11.6 Å². The molecule has 4 nitrogen and oxygen atoms in total. The zero-order valence-corrected chi connectivity index (χ0v) is 12.6. The molecule has 0 atom stereocenters. The lowest BCUT2D eigenvalue weighted by molar-refractivity contribution is -0.116. The van der Waals surface area contributed by atoms with Crippen LogP contribution in [0.4, 0.5) is 5.69 Å². The molecule has 2 saturated carbocycles. The van der Waals surface area contributed by atoms with Gasteiger partial charge in [0.2, 0.25) is 5.91 Å². The Balaban J connectivity index is 1.46. The second-order valence-corrected chi connectivity index (χ2v) is 6.37. The second-order valence-electron chi connectivity index (χ2n) is 6.37. The van der Waals surface area contributed by atoms with E-state index >= 15 is 0 Å². The molecule has 1 aromatic rings. The highest BCUT2D eigenvalue weighted by atomic mass is 16.1. The van der Waals surface area contributed by atoms with Crippen LogP contribution in [-0.4, -0.2) is 29.9 Å². The second kappa shape index (κ2) is 6.58. The maximum absolute atomic E-state index is 12.1. The average Bonchev–Trinajstić information content (AvgIpc) is 3.37.